The van der Waals surface area contributed by atoms with Crippen molar-refractivity contribution >= 4 is 23.3 Å². The highest BCUT2D eigenvalue weighted by Crippen LogP contribution is 2.40. The lowest BCUT2D eigenvalue weighted by molar-refractivity contribution is -0.149. The lowest BCUT2D eigenvalue weighted by Crippen LogP contribution is -2.32. The molecule has 1 N–H and O–H groups in total. The molecule has 1 aromatic heterocycles. The number of rotatable bonds is 12. The summed E-state index contributed by atoms with van der Waals surface area (Å²) in [5.41, 5.74) is 4.93. The van der Waals surface area contributed by atoms with E-state index in [2.05, 4.69) is 27.6 Å². The molecule has 9 heteroatoms. The molecular formula is C34H40N4O5. The van der Waals surface area contributed by atoms with Gasteiger partial charge >= 0.3 is 5.97 Å². The number of aromatic amines is 1. The summed E-state index contributed by atoms with van der Waals surface area (Å²) in [5, 5.41) is 11.5. The summed E-state index contributed by atoms with van der Waals surface area (Å²) >= 11 is 0. The molecule has 2 aliphatic rings. The fourth-order valence-electron chi connectivity index (χ4n) is 5.65. The molecule has 0 saturated carbocycles. The van der Waals surface area contributed by atoms with E-state index in [0.717, 1.165) is 60.2 Å². The summed E-state index contributed by atoms with van der Waals surface area (Å²) in [7, 11) is 0. The van der Waals surface area contributed by atoms with Gasteiger partial charge in [0.05, 0.1) is 12.2 Å². The molecule has 1 amide bonds. The Bertz CT molecular complexity index is 1430. The van der Waals surface area contributed by atoms with Crippen LogP contribution < -0.4 is 4.90 Å². The number of ether oxygens (including phenoxy) is 2. The minimum Gasteiger partial charge on any atom is -0.462 e. The number of Topliss-reactive ketones (excluding diaryl/α,β-unsaturated/α-hetero) is 1. The SMILES string of the molecule is O=C(CCCOCCCC(=O)OC1C/C=C/CCCC1)CCC(=O)N1Cc2ccccc2-c2n[nH]nc2-c2ccccc21. The first kappa shape index (κ1) is 30.4. The Hall–Kier alpha value is -4.11. The van der Waals surface area contributed by atoms with Crippen LogP contribution in [-0.2, 0) is 30.4 Å². The highest BCUT2D eigenvalue weighted by Gasteiger charge is 2.27. The second-order valence-electron chi connectivity index (χ2n) is 11.1. The molecule has 0 radical (unpaired) electrons. The van der Waals surface area contributed by atoms with Gasteiger partial charge in [-0.05, 0) is 50.2 Å². The fraction of sp³-hybridized carbons (Fsp3) is 0.441. The molecule has 5 rings (SSSR count). The summed E-state index contributed by atoms with van der Waals surface area (Å²) in [6.07, 6.45) is 11.5. The third-order valence-electron chi connectivity index (χ3n) is 7.94. The molecule has 0 spiro atoms. The number of hydrogen-bond acceptors (Lipinski definition) is 7. The summed E-state index contributed by atoms with van der Waals surface area (Å²) < 4.78 is 11.3. The van der Waals surface area contributed by atoms with Crippen molar-refractivity contribution in [1.82, 2.24) is 15.4 Å². The number of carbonyl (C=O) groups excluding carboxylic acids is 3. The first-order chi connectivity index (χ1) is 21.1. The van der Waals surface area contributed by atoms with Crippen molar-refractivity contribution in [2.45, 2.75) is 83.3 Å². The molecule has 226 valence electrons. The number of aromatic nitrogens is 3. The lowest BCUT2D eigenvalue weighted by Gasteiger charge is -2.28. The van der Waals surface area contributed by atoms with Crippen LogP contribution in [0.25, 0.3) is 22.5 Å². The van der Waals surface area contributed by atoms with Gasteiger partial charge in [0.1, 0.15) is 23.3 Å². The molecule has 1 atom stereocenters. The van der Waals surface area contributed by atoms with Crippen molar-refractivity contribution < 1.29 is 23.9 Å². The van der Waals surface area contributed by atoms with Gasteiger partial charge in [-0.25, -0.2) is 0 Å². The van der Waals surface area contributed by atoms with E-state index < -0.39 is 0 Å². The number of para-hydroxylation sites is 1. The Balaban J connectivity index is 1.04. The number of allylic oxidation sites excluding steroid dienone is 1. The van der Waals surface area contributed by atoms with Gasteiger partial charge in [-0.1, -0.05) is 54.6 Å². The molecule has 9 nitrogen and oxygen atoms in total. The average molecular weight is 585 g/mol. The molecule has 1 aliphatic heterocycles. The second kappa shape index (κ2) is 15.4. The van der Waals surface area contributed by atoms with Crippen LogP contribution in [0.1, 0.15) is 76.2 Å². The van der Waals surface area contributed by atoms with E-state index >= 15 is 0 Å². The highest BCUT2D eigenvalue weighted by atomic mass is 16.5. The van der Waals surface area contributed by atoms with Crippen LogP contribution in [0.4, 0.5) is 5.69 Å². The van der Waals surface area contributed by atoms with Gasteiger partial charge in [0.25, 0.3) is 0 Å². The van der Waals surface area contributed by atoms with E-state index in [1.54, 1.807) is 4.90 Å². The summed E-state index contributed by atoms with van der Waals surface area (Å²) in [6, 6.07) is 15.5. The molecule has 2 aromatic carbocycles. The number of amides is 1. The maximum Gasteiger partial charge on any atom is 0.306 e. The number of hydrogen-bond donors (Lipinski definition) is 1. The van der Waals surface area contributed by atoms with Gasteiger partial charge in [0, 0.05) is 56.4 Å². The molecule has 1 unspecified atom stereocenters. The molecule has 2 heterocycles. The average Bonchev–Trinajstić information content (AvgIpc) is 3.48. The predicted octanol–water partition coefficient (Wildman–Crippen LogP) is 6.34. The van der Waals surface area contributed by atoms with E-state index in [1.807, 2.05) is 48.5 Å². The summed E-state index contributed by atoms with van der Waals surface area (Å²) in [5.74, 6) is -0.246. The first-order valence-corrected chi connectivity index (χ1v) is 15.4. The minimum atomic E-state index is -0.171. The number of nitrogens with zero attached hydrogens (tertiary/aromatic N) is 3. The summed E-state index contributed by atoms with van der Waals surface area (Å²) in [4.78, 5) is 40.0. The number of fused-ring (bicyclic) bond motifs is 5. The fourth-order valence-corrected chi connectivity index (χ4v) is 5.65. The third-order valence-corrected chi connectivity index (χ3v) is 7.94. The predicted molar refractivity (Wildman–Crippen MR) is 164 cm³/mol. The Morgan fingerprint density at radius 1 is 0.837 bits per heavy atom. The van der Waals surface area contributed by atoms with Crippen molar-refractivity contribution in [3.05, 3.63) is 66.2 Å². The zero-order valence-corrected chi connectivity index (χ0v) is 24.6. The topological polar surface area (TPSA) is 114 Å². The maximum atomic E-state index is 13.5. The molecular weight excluding hydrogens is 544 g/mol. The largest absolute Gasteiger partial charge is 0.462 e. The van der Waals surface area contributed by atoms with Crippen LogP contribution in [0.15, 0.2) is 60.7 Å². The number of ketones is 1. The summed E-state index contributed by atoms with van der Waals surface area (Å²) in [6.45, 7) is 1.28. The Kier molecular flexibility index (Phi) is 10.9. The van der Waals surface area contributed by atoms with Gasteiger partial charge in [0.2, 0.25) is 5.91 Å². The quantitative estimate of drug-likeness (QED) is 0.150. The van der Waals surface area contributed by atoms with Gasteiger partial charge in [-0.2, -0.15) is 15.4 Å². The number of benzene rings is 2. The van der Waals surface area contributed by atoms with Crippen molar-refractivity contribution in [2.75, 3.05) is 18.1 Å². The standard InChI is InChI=1S/C34H40N4O5/c39-26(13-10-22-42-23-11-19-32(41)43-27-14-4-2-1-3-5-15-27)20-21-31(40)38-24-25-12-6-7-16-28(25)33-34(36-37-35-33)29-17-8-9-18-30(29)38/h2,4,6-9,12,16-18,27H,1,3,5,10-11,13-15,19-24H2,(H,35,36,37)/b4-2+. The van der Waals surface area contributed by atoms with Gasteiger partial charge < -0.3 is 14.4 Å². The minimum absolute atomic E-state index is 0.0152. The monoisotopic (exact) mass is 584 g/mol. The van der Waals surface area contributed by atoms with Crippen LogP contribution in [0, 0.1) is 0 Å². The number of esters is 1. The van der Waals surface area contributed by atoms with Crippen LogP contribution >= 0.6 is 0 Å². The van der Waals surface area contributed by atoms with Gasteiger partial charge in [-0.3, -0.25) is 14.4 Å². The Morgan fingerprint density at radius 2 is 1.58 bits per heavy atom. The number of nitrogens with one attached hydrogen (secondary N) is 1. The van der Waals surface area contributed by atoms with E-state index in [-0.39, 0.29) is 36.6 Å². The van der Waals surface area contributed by atoms with E-state index in [0.29, 0.717) is 51.1 Å². The third kappa shape index (κ3) is 8.26. The first-order valence-electron chi connectivity index (χ1n) is 15.4. The van der Waals surface area contributed by atoms with Crippen molar-refractivity contribution in [2.24, 2.45) is 0 Å². The van der Waals surface area contributed by atoms with Crippen molar-refractivity contribution in [3.63, 3.8) is 0 Å². The molecule has 3 aromatic rings. The molecule has 0 bridgehead atoms. The number of anilines is 1. The number of H-pyrrole nitrogens is 1. The molecule has 0 saturated heterocycles. The smallest absolute Gasteiger partial charge is 0.306 e. The van der Waals surface area contributed by atoms with E-state index in [9.17, 15) is 14.4 Å². The second-order valence-corrected chi connectivity index (χ2v) is 11.1. The Morgan fingerprint density at radius 3 is 2.44 bits per heavy atom. The van der Waals surface area contributed by atoms with Crippen LogP contribution in [0.5, 0.6) is 0 Å². The highest BCUT2D eigenvalue weighted by molar-refractivity contribution is 6.01. The Labute approximate surface area is 252 Å². The van der Waals surface area contributed by atoms with Gasteiger partial charge in [-0.15, -0.1) is 0 Å². The normalized spacial score (nSPS) is 16.8. The van der Waals surface area contributed by atoms with Crippen LogP contribution in [0.3, 0.4) is 0 Å². The molecule has 43 heavy (non-hydrogen) atoms. The lowest BCUT2D eigenvalue weighted by atomic mass is 9.95. The number of carbonyl (C=O) groups is 3. The molecule has 1 aliphatic carbocycles. The van der Waals surface area contributed by atoms with E-state index in [4.69, 9.17) is 9.47 Å². The van der Waals surface area contributed by atoms with Crippen molar-refractivity contribution in [3.8, 4) is 22.5 Å². The van der Waals surface area contributed by atoms with Crippen molar-refractivity contribution in [1.29, 1.82) is 0 Å². The van der Waals surface area contributed by atoms with E-state index in [1.165, 1.54) is 0 Å². The molecule has 0 fully saturated rings. The zero-order valence-electron chi connectivity index (χ0n) is 24.6. The maximum absolute atomic E-state index is 13.5. The van der Waals surface area contributed by atoms with Gasteiger partial charge in [0.15, 0.2) is 0 Å². The van der Waals surface area contributed by atoms with Crippen LogP contribution in [0.2, 0.25) is 0 Å². The zero-order chi connectivity index (χ0) is 29.9. The van der Waals surface area contributed by atoms with Crippen LogP contribution in [-0.4, -0.2) is 52.4 Å².